The average Bonchev–Trinajstić information content (AvgIpc) is 3.01. The zero-order chi connectivity index (χ0) is 18.7. The van der Waals surface area contributed by atoms with E-state index >= 15 is 0 Å². The molecule has 0 unspecified atom stereocenters. The minimum atomic E-state index is -0.447. The molecular weight excluding hydrogens is 359 g/mol. The molecule has 7 nitrogen and oxygen atoms in total. The number of methoxy groups -OCH3 is 1. The van der Waals surface area contributed by atoms with Crippen LogP contribution < -0.4 is 15.6 Å². The van der Waals surface area contributed by atoms with E-state index in [4.69, 9.17) is 4.74 Å². The molecule has 0 aliphatic rings. The number of benzene rings is 1. The highest BCUT2D eigenvalue weighted by Crippen LogP contribution is 2.28. The van der Waals surface area contributed by atoms with Crippen LogP contribution in [0.25, 0.3) is 11.3 Å². The lowest BCUT2D eigenvalue weighted by Gasteiger charge is -2.10. The van der Waals surface area contributed by atoms with Crippen LogP contribution >= 0.6 is 11.3 Å². The van der Waals surface area contributed by atoms with Gasteiger partial charge in [0.15, 0.2) is 5.13 Å². The largest absolute Gasteiger partial charge is 0.496 e. The molecule has 0 fully saturated rings. The van der Waals surface area contributed by atoms with Crippen LogP contribution in [-0.2, 0) is 11.3 Å². The summed E-state index contributed by atoms with van der Waals surface area (Å²) in [6, 6.07) is 6.79. The molecule has 0 spiro atoms. The second kappa shape index (κ2) is 7.44. The Morgan fingerprint density at radius 1 is 1.35 bits per heavy atom. The van der Waals surface area contributed by atoms with Crippen molar-refractivity contribution in [3.63, 3.8) is 0 Å². The monoisotopic (exact) mass is 374 g/mol. The number of rotatable bonds is 5. The maximum atomic E-state index is 13.4. The van der Waals surface area contributed by atoms with Crippen molar-refractivity contribution in [2.75, 3.05) is 12.4 Å². The van der Waals surface area contributed by atoms with Gasteiger partial charge in [0.2, 0.25) is 5.91 Å². The van der Waals surface area contributed by atoms with Crippen molar-refractivity contribution in [2.24, 2.45) is 0 Å². The summed E-state index contributed by atoms with van der Waals surface area (Å²) in [4.78, 5) is 28.3. The van der Waals surface area contributed by atoms with Gasteiger partial charge in [0.1, 0.15) is 18.1 Å². The second-order valence-electron chi connectivity index (χ2n) is 5.40. The fourth-order valence-electron chi connectivity index (χ4n) is 2.29. The number of amides is 1. The number of aryl methyl sites for hydroxylation is 1. The number of ether oxygens (including phenoxy) is 1. The molecule has 3 aromatic rings. The summed E-state index contributed by atoms with van der Waals surface area (Å²) in [6.45, 7) is 1.55. The molecule has 1 amide bonds. The van der Waals surface area contributed by atoms with E-state index in [1.165, 1.54) is 48.8 Å². The molecular formula is C17H15FN4O3S. The third-order valence-electron chi connectivity index (χ3n) is 3.46. The molecule has 2 heterocycles. The van der Waals surface area contributed by atoms with Crippen molar-refractivity contribution < 1.29 is 13.9 Å². The SMILES string of the molecule is COc1cc(F)ccc1-c1ccc(=O)n(CC(=O)Nc2nc(C)cs2)n1. The quantitative estimate of drug-likeness (QED) is 0.741. The van der Waals surface area contributed by atoms with E-state index in [0.717, 1.165) is 10.4 Å². The zero-order valence-corrected chi connectivity index (χ0v) is 14.8. The number of thiazole rings is 1. The van der Waals surface area contributed by atoms with Crippen molar-refractivity contribution in [3.05, 3.63) is 57.6 Å². The third-order valence-corrected chi connectivity index (χ3v) is 4.34. The van der Waals surface area contributed by atoms with Gasteiger partial charge in [-0.15, -0.1) is 11.3 Å². The molecule has 0 aliphatic heterocycles. The first-order valence-electron chi connectivity index (χ1n) is 7.60. The van der Waals surface area contributed by atoms with Crippen LogP contribution in [0.4, 0.5) is 9.52 Å². The lowest BCUT2D eigenvalue weighted by Crippen LogP contribution is -2.29. The normalized spacial score (nSPS) is 10.6. The van der Waals surface area contributed by atoms with E-state index in [0.29, 0.717) is 16.4 Å². The highest BCUT2D eigenvalue weighted by molar-refractivity contribution is 7.13. The van der Waals surface area contributed by atoms with Gasteiger partial charge in [-0.2, -0.15) is 5.10 Å². The molecule has 0 aliphatic carbocycles. The molecule has 0 atom stereocenters. The van der Waals surface area contributed by atoms with E-state index in [-0.39, 0.29) is 12.3 Å². The Balaban J connectivity index is 1.86. The second-order valence-corrected chi connectivity index (χ2v) is 6.26. The van der Waals surface area contributed by atoms with Gasteiger partial charge in [-0.3, -0.25) is 9.59 Å². The fraction of sp³-hybridized carbons (Fsp3) is 0.176. The van der Waals surface area contributed by atoms with Crippen molar-refractivity contribution >= 4 is 22.4 Å². The van der Waals surface area contributed by atoms with Crippen LogP contribution in [0.1, 0.15) is 5.69 Å². The molecule has 0 saturated carbocycles. The summed E-state index contributed by atoms with van der Waals surface area (Å²) >= 11 is 1.30. The number of nitrogens with zero attached hydrogens (tertiary/aromatic N) is 3. The van der Waals surface area contributed by atoms with Crippen molar-refractivity contribution in [3.8, 4) is 17.0 Å². The van der Waals surface area contributed by atoms with Gasteiger partial charge in [0.05, 0.1) is 18.5 Å². The number of hydrogen-bond donors (Lipinski definition) is 1. The molecule has 3 rings (SSSR count). The van der Waals surface area contributed by atoms with Gasteiger partial charge in [-0.25, -0.2) is 14.1 Å². The number of hydrogen-bond acceptors (Lipinski definition) is 6. The lowest BCUT2D eigenvalue weighted by atomic mass is 10.1. The summed E-state index contributed by atoms with van der Waals surface area (Å²) in [5, 5.41) is 9.08. The average molecular weight is 374 g/mol. The number of aromatic nitrogens is 3. The predicted molar refractivity (Wildman–Crippen MR) is 95.9 cm³/mol. The van der Waals surface area contributed by atoms with Crippen LogP contribution in [0.15, 0.2) is 40.5 Å². The van der Waals surface area contributed by atoms with Gasteiger partial charge < -0.3 is 10.1 Å². The Labute approximate surface area is 152 Å². The first-order chi connectivity index (χ1) is 12.5. The zero-order valence-electron chi connectivity index (χ0n) is 14.0. The van der Waals surface area contributed by atoms with Crippen LogP contribution in [0.3, 0.4) is 0 Å². The van der Waals surface area contributed by atoms with Crippen LogP contribution in [0.2, 0.25) is 0 Å². The fourth-order valence-corrected chi connectivity index (χ4v) is 2.99. The Kier molecular flexibility index (Phi) is 5.08. The first-order valence-corrected chi connectivity index (χ1v) is 8.48. The van der Waals surface area contributed by atoms with Gasteiger partial charge in [-0.1, -0.05) is 0 Å². The Morgan fingerprint density at radius 3 is 2.85 bits per heavy atom. The summed E-state index contributed by atoms with van der Waals surface area (Å²) in [7, 11) is 1.41. The summed E-state index contributed by atoms with van der Waals surface area (Å²) in [5.41, 5.74) is 1.27. The maximum absolute atomic E-state index is 13.4. The Bertz CT molecular complexity index is 1020. The highest BCUT2D eigenvalue weighted by Gasteiger charge is 2.13. The summed E-state index contributed by atoms with van der Waals surface area (Å²) in [5.74, 6) is -0.584. The molecule has 1 aromatic carbocycles. The van der Waals surface area contributed by atoms with Gasteiger partial charge in [-0.05, 0) is 25.1 Å². The molecule has 2 aromatic heterocycles. The minimum Gasteiger partial charge on any atom is -0.496 e. The molecule has 0 bridgehead atoms. The van der Waals surface area contributed by atoms with Gasteiger partial charge >= 0.3 is 0 Å². The molecule has 26 heavy (non-hydrogen) atoms. The molecule has 0 saturated heterocycles. The van der Waals surface area contributed by atoms with Gasteiger partial charge in [0.25, 0.3) is 5.56 Å². The van der Waals surface area contributed by atoms with Crippen LogP contribution in [0.5, 0.6) is 5.75 Å². The molecule has 134 valence electrons. The number of nitrogens with one attached hydrogen (secondary N) is 1. The number of anilines is 1. The van der Waals surface area contributed by atoms with E-state index in [9.17, 15) is 14.0 Å². The van der Waals surface area contributed by atoms with E-state index in [1.54, 1.807) is 0 Å². The lowest BCUT2D eigenvalue weighted by molar-refractivity contribution is -0.117. The van der Waals surface area contributed by atoms with Crippen molar-refractivity contribution in [2.45, 2.75) is 13.5 Å². The third kappa shape index (κ3) is 3.94. The van der Waals surface area contributed by atoms with Gasteiger partial charge in [0, 0.05) is 23.1 Å². The minimum absolute atomic E-state index is 0.269. The molecule has 0 radical (unpaired) electrons. The highest BCUT2D eigenvalue weighted by atomic mass is 32.1. The van der Waals surface area contributed by atoms with E-state index in [2.05, 4.69) is 15.4 Å². The topological polar surface area (TPSA) is 86.1 Å². The standard InChI is InChI=1S/C17H15FN4O3S/c1-10-9-26-17(19-10)20-15(23)8-22-16(24)6-5-13(21-22)12-4-3-11(18)7-14(12)25-2/h3-7,9H,8H2,1-2H3,(H,19,20,23). The smallest absolute Gasteiger partial charge is 0.267 e. The predicted octanol–water partition coefficient (Wildman–Crippen LogP) is 2.46. The van der Waals surface area contributed by atoms with Crippen LogP contribution in [0, 0.1) is 12.7 Å². The Hall–Kier alpha value is -3.07. The van der Waals surface area contributed by atoms with Crippen molar-refractivity contribution in [1.29, 1.82) is 0 Å². The molecule has 9 heteroatoms. The Morgan fingerprint density at radius 2 is 2.15 bits per heavy atom. The van der Waals surface area contributed by atoms with Crippen LogP contribution in [-0.4, -0.2) is 27.8 Å². The van der Waals surface area contributed by atoms with E-state index in [1.807, 2.05) is 12.3 Å². The number of carbonyl (C=O) groups excluding carboxylic acids is 1. The first kappa shape index (κ1) is 17.7. The number of halogens is 1. The summed E-state index contributed by atoms with van der Waals surface area (Å²) < 4.78 is 19.6. The van der Waals surface area contributed by atoms with Crippen molar-refractivity contribution in [1.82, 2.24) is 14.8 Å². The maximum Gasteiger partial charge on any atom is 0.267 e. The van der Waals surface area contributed by atoms with E-state index < -0.39 is 17.3 Å². The molecule has 1 N–H and O–H groups in total. The number of carbonyl (C=O) groups is 1. The summed E-state index contributed by atoms with van der Waals surface area (Å²) in [6.07, 6.45) is 0.